The lowest BCUT2D eigenvalue weighted by atomic mass is 9.94. The van der Waals surface area contributed by atoms with Gasteiger partial charge in [0.15, 0.2) is 23.2 Å². The number of rotatable bonds is 4. The van der Waals surface area contributed by atoms with Crippen LogP contribution in [0.1, 0.15) is 36.8 Å². The summed E-state index contributed by atoms with van der Waals surface area (Å²) in [6.07, 6.45) is 4.65. The molecule has 4 aromatic rings. The highest BCUT2D eigenvalue weighted by Gasteiger charge is 2.36. The number of amides is 1. The summed E-state index contributed by atoms with van der Waals surface area (Å²) in [7, 11) is 0. The van der Waals surface area contributed by atoms with Crippen LogP contribution in [0, 0.1) is 11.6 Å². The molecule has 2 aromatic heterocycles. The Labute approximate surface area is 237 Å². The third-order valence-corrected chi connectivity index (χ3v) is 8.36. The van der Waals surface area contributed by atoms with Gasteiger partial charge < -0.3 is 19.1 Å². The fourth-order valence-electron chi connectivity index (χ4n) is 5.91. The summed E-state index contributed by atoms with van der Waals surface area (Å²) >= 11 is 6.81. The minimum atomic E-state index is -1.05. The van der Waals surface area contributed by atoms with Gasteiger partial charge in [-0.05, 0) is 43.9 Å². The molecule has 2 fully saturated rings. The van der Waals surface area contributed by atoms with Crippen molar-refractivity contribution in [3.8, 4) is 22.7 Å². The van der Waals surface area contributed by atoms with Crippen LogP contribution in [0.3, 0.4) is 0 Å². The summed E-state index contributed by atoms with van der Waals surface area (Å²) in [5.41, 5.74) is 0.958. The number of ether oxygens (including phenoxy) is 1. The molecule has 0 N–H and O–H groups in total. The van der Waals surface area contributed by atoms with Gasteiger partial charge in [-0.15, -0.1) is 0 Å². The number of nitrogens with zero attached hydrogens (tertiary/aromatic N) is 5. The van der Waals surface area contributed by atoms with Crippen molar-refractivity contribution in [2.75, 3.05) is 24.5 Å². The highest BCUT2D eigenvalue weighted by Crippen LogP contribution is 2.50. The van der Waals surface area contributed by atoms with Gasteiger partial charge in [0.25, 0.3) is 0 Å². The Morgan fingerprint density at radius 1 is 1.20 bits per heavy atom. The van der Waals surface area contributed by atoms with E-state index in [-0.39, 0.29) is 57.7 Å². The van der Waals surface area contributed by atoms with Gasteiger partial charge in [-0.1, -0.05) is 29.4 Å². The molecule has 1 aliphatic carbocycles. The summed E-state index contributed by atoms with van der Waals surface area (Å²) in [6, 6.07) is 3.89. The second-order valence-corrected chi connectivity index (χ2v) is 11.0. The van der Waals surface area contributed by atoms with Crippen LogP contribution in [-0.2, 0) is 11.4 Å². The van der Waals surface area contributed by atoms with Crippen molar-refractivity contribution < 1.29 is 22.8 Å². The SMILES string of the molecule is C=CC(=O)N1CCN(c2nc(=O)n(-c3nocc3C3CC3)c3c4c(c(Cl)cc23)-c2c(ccc(F)c2F)CO4)[C@@H](C)C1. The molecule has 7 rings (SSSR count). The number of carbonyl (C=O) groups excluding carboxylic acids is 1. The lowest BCUT2D eigenvalue weighted by Gasteiger charge is -2.40. The molecule has 0 spiro atoms. The first-order chi connectivity index (χ1) is 19.8. The fraction of sp³-hybridized carbons (Fsp3) is 0.310. The van der Waals surface area contributed by atoms with Crippen LogP contribution < -0.4 is 15.3 Å². The lowest BCUT2D eigenvalue weighted by molar-refractivity contribution is -0.126. The molecule has 2 aliphatic heterocycles. The van der Waals surface area contributed by atoms with Crippen LogP contribution in [0.2, 0.25) is 5.02 Å². The molecule has 0 bridgehead atoms. The van der Waals surface area contributed by atoms with Crippen molar-refractivity contribution in [3.63, 3.8) is 0 Å². The number of aromatic nitrogens is 3. The van der Waals surface area contributed by atoms with E-state index < -0.39 is 17.3 Å². The Hall–Kier alpha value is -4.25. The number of carbonyl (C=O) groups is 1. The zero-order chi connectivity index (χ0) is 28.6. The molecule has 1 amide bonds. The van der Waals surface area contributed by atoms with E-state index in [1.165, 1.54) is 23.0 Å². The van der Waals surface area contributed by atoms with E-state index in [0.717, 1.165) is 24.5 Å². The zero-order valence-electron chi connectivity index (χ0n) is 22.0. The molecular weight excluding hydrogens is 556 g/mol. The third-order valence-electron chi connectivity index (χ3n) is 8.06. The summed E-state index contributed by atoms with van der Waals surface area (Å²) in [4.78, 5) is 34.3. The molecule has 1 saturated carbocycles. The molecule has 9 nitrogen and oxygen atoms in total. The maximum Gasteiger partial charge on any atom is 0.356 e. The Morgan fingerprint density at radius 3 is 2.73 bits per heavy atom. The predicted molar refractivity (Wildman–Crippen MR) is 148 cm³/mol. The standard InChI is InChI=1S/C29H24ClF2N5O4/c1-3-21(38)35-8-9-36(14(2)11-35)27-17-10-19(30)23-22-16(6-7-20(31)24(22)32)12-40-26(23)25(17)37(29(39)33-27)28-18(13-41-34-28)15-4-5-15/h3,6-7,10,13-15H,1,4-5,8-9,11-12H2,2H3/t14-/m0/s1. The third kappa shape index (κ3) is 3.93. The molecule has 41 heavy (non-hydrogen) atoms. The largest absolute Gasteiger partial charge is 0.486 e. The number of hydrogen-bond acceptors (Lipinski definition) is 7. The molecular formula is C29H24ClF2N5O4. The van der Waals surface area contributed by atoms with E-state index in [1.807, 2.05) is 11.8 Å². The highest BCUT2D eigenvalue weighted by atomic mass is 35.5. The molecule has 2 aromatic carbocycles. The molecule has 3 aliphatic rings. The van der Waals surface area contributed by atoms with Gasteiger partial charge >= 0.3 is 5.69 Å². The van der Waals surface area contributed by atoms with Crippen molar-refractivity contribution in [1.29, 1.82) is 0 Å². The molecule has 1 saturated heterocycles. The fourth-order valence-corrected chi connectivity index (χ4v) is 6.20. The lowest BCUT2D eigenvalue weighted by Crippen LogP contribution is -2.54. The molecule has 0 unspecified atom stereocenters. The normalized spacial score (nSPS) is 18.2. The van der Waals surface area contributed by atoms with Crippen LogP contribution in [0.5, 0.6) is 5.75 Å². The van der Waals surface area contributed by atoms with Gasteiger partial charge in [0.05, 0.1) is 5.02 Å². The van der Waals surface area contributed by atoms with Gasteiger partial charge in [0.2, 0.25) is 5.91 Å². The van der Waals surface area contributed by atoms with E-state index in [2.05, 4.69) is 16.7 Å². The number of hydrogen-bond donors (Lipinski definition) is 0. The number of anilines is 1. The topological polar surface area (TPSA) is 93.7 Å². The monoisotopic (exact) mass is 579 g/mol. The van der Waals surface area contributed by atoms with Gasteiger partial charge in [-0.3, -0.25) is 4.79 Å². The van der Waals surface area contributed by atoms with E-state index >= 15 is 4.39 Å². The molecule has 4 heterocycles. The van der Waals surface area contributed by atoms with Gasteiger partial charge in [-0.25, -0.2) is 18.1 Å². The first-order valence-corrected chi connectivity index (χ1v) is 13.7. The van der Waals surface area contributed by atoms with E-state index in [1.54, 1.807) is 11.0 Å². The van der Waals surface area contributed by atoms with Crippen LogP contribution in [-0.4, -0.2) is 51.2 Å². The van der Waals surface area contributed by atoms with Crippen LogP contribution >= 0.6 is 11.6 Å². The molecule has 0 radical (unpaired) electrons. The molecule has 210 valence electrons. The van der Waals surface area contributed by atoms with Crippen LogP contribution in [0.4, 0.5) is 14.6 Å². The highest BCUT2D eigenvalue weighted by molar-refractivity contribution is 6.35. The van der Waals surface area contributed by atoms with Gasteiger partial charge in [0, 0.05) is 53.3 Å². The maximum atomic E-state index is 15.3. The van der Waals surface area contributed by atoms with Crippen molar-refractivity contribution in [3.05, 3.63) is 75.4 Å². The summed E-state index contributed by atoms with van der Waals surface area (Å²) in [5.74, 6) is -1.32. The average molecular weight is 580 g/mol. The zero-order valence-corrected chi connectivity index (χ0v) is 22.8. The number of fused-ring (bicyclic) bond motifs is 5. The smallest absolute Gasteiger partial charge is 0.356 e. The first kappa shape index (κ1) is 25.7. The number of benzene rings is 2. The first-order valence-electron chi connectivity index (χ1n) is 13.3. The Balaban J connectivity index is 1.52. The van der Waals surface area contributed by atoms with Crippen LogP contribution in [0.15, 0.2) is 46.4 Å². The second-order valence-electron chi connectivity index (χ2n) is 10.6. The summed E-state index contributed by atoms with van der Waals surface area (Å²) < 4.78 is 42.5. The summed E-state index contributed by atoms with van der Waals surface area (Å²) in [5, 5.41) is 4.74. The average Bonchev–Trinajstić information content (AvgIpc) is 3.70. The molecule has 1 atom stereocenters. The minimum absolute atomic E-state index is 0.0111. The van der Waals surface area contributed by atoms with Gasteiger partial charge in [-0.2, -0.15) is 4.98 Å². The van der Waals surface area contributed by atoms with Crippen molar-refractivity contribution in [2.24, 2.45) is 0 Å². The molecule has 12 heteroatoms. The quantitative estimate of drug-likeness (QED) is 0.315. The maximum absolute atomic E-state index is 15.3. The Bertz CT molecular complexity index is 1830. The number of halogens is 3. The van der Waals surface area contributed by atoms with Crippen molar-refractivity contribution in [2.45, 2.75) is 38.3 Å². The van der Waals surface area contributed by atoms with Gasteiger partial charge in [0.1, 0.15) is 24.2 Å². The van der Waals surface area contributed by atoms with Crippen molar-refractivity contribution in [1.82, 2.24) is 19.6 Å². The summed E-state index contributed by atoms with van der Waals surface area (Å²) in [6.45, 7) is 6.61. The Morgan fingerprint density at radius 2 is 2.00 bits per heavy atom. The number of piperazine rings is 1. The second kappa shape index (κ2) is 9.41. The Kier molecular flexibility index (Phi) is 5.90. The van der Waals surface area contributed by atoms with Crippen molar-refractivity contribution >= 4 is 34.2 Å². The minimum Gasteiger partial charge on any atom is -0.486 e. The van der Waals surface area contributed by atoms with Crippen LogP contribution in [0.25, 0.3) is 27.8 Å². The van der Waals surface area contributed by atoms with E-state index in [0.29, 0.717) is 36.4 Å². The predicted octanol–water partition coefficient (Wildman–Crippen LogP) is 4.97. The van der Waals surface area contributed by atoms with E-state index in [4.69, 9.17) is 20.9 Å². The van der Waals surface area contributed by atoms with E-state index in [9.17, 15) is 14.0 Å².